The van der Waals surface area contributed by atoms with Gasteiger partial charge in [0, 0.05) is 19.3 Å². The van der Waals surface area contributed by atoms with Crippen LogP contribution in [0.15, 0.2) is 42.5 Å². The van der Waals surface area contributed by atoms with E-state index in [-0.39, 0.29) is 17.2 Å². The molecule has 0 unspecified atom stereocenters. The molecule has 0 atom stereocenters. The molecular weight excluding hydrogens is 271 g/mol. The highest BCUT2D eigenvalue weighted by molar-refractivity contribution is 5.98. The molecule has 0 aliphatic carbocycles. The van der Waals surface area contributed by atoms with Crippen molar-refractivity contribution < 1.29 is 13.9 Å². The monoisotopic (exact) mass is 288 g/mol. The number of nitrogens with two attached hydrogens (primary N) is 1. The van der Waals surface area contributed by atoms with Crippen LogP contribution in [0.1, 0.15) is 15.9 Å². The summed E-state index contributed by atoms with van der Waals surface area (Å²) in [5.74, 6) is -0.0873. The minimum atomic E-state index is -0.484. The molecule has 0 aliphatic rings. The summed E-state index contributed by atoms with van der Waals surface area (Å²) in [7, 11) is 3.23. The summed E-state index contributed by atoms with van der Waals surface area (Å²) < 4.78 is 18.4. The summed E-state index contributed by atoms with van der Waals surface area (Å²) in [6.45, 7) is 0.381. The smallest absolute Gasteiger partial charge is 0.256 e. The van der Waals surface area contributed by atoms with E-state index in [0.717, 1.165) is 17.4 Å². The molecule has 5 heteroatoms. The van der Waals surface area contributed by atoms with E-state index in [1.54, 1.807) is 14.2 Å². The lowest BCUT2D eigenvalue weighted by Gasteiger charge is -2.18. The van der Waals surface area contributed by atoms with Crippen molar-refractivity contribution in [3.8, 4) is 5.75 Å². The molecule has 0 heterocycles. The van der Waals surface area contributed by atoms with Gasteiger partial charge in [-0.15, -0.1) is 0 Å². The molecule has 2 N–H and O–H groups in total. The third-order valence-corrected chi connectivity index (χ3v) is 3.15. The minimum absolute atomic E-state index is 0.167. The topological polar surface area (TPSA) is 55.6 Å². The second-order valence-electron chi connectivity index (χ2n) is 4.74. The van der Waals surface area contributed by atoms with Gasteiger partial charge in [-0.2, -0.15) is 0 Å². The summed E-state index contributed by atoms with van der Waals surface area (Å²) in [5.41, 5.74) is 7.08. The number of anilines is 1. The van der Waals surface area contributed by atoms with Crippen molar-refractivity contribution in [2.75, 3.05) is 19.9 Å². The van der Waals surface area contributed by atoms with E-state index in [1.807, 2.05) is 24.3 Å². The average molecular weight is 288 g/mol. The van der Waals surface area contributed by atoms with Crippen LogP contribution in [0.3, 0.4) is 0 Å². The van der Waals surface area contributed by atoms with Crippen molar-refractivity contribution in [2.24, 2.45) is 0 Å². The number of nitrogens with zero attached hydrogens (tertiary/aromatic N) is 1. The van der Waals surface area contributed by atoms with Gasteiger partial charge in [0.2, 0.25) is 0 Å². The van der Waals surface area contributed by atoms with Crippen LogP contribution in [-0.4, -0.2) is 25.0 Å². The lowest BCUT2D eigenvalue weighted by atomic mass is 10.1. The summed E-state index contributed by atoms with van der Waals surface area (Å²) in [6, 6.07) is 11.2. The summed E-state index contributed by atoms with van der Waals surface area (Å²) >= 11 is 0. The molecule has 0 bridgehead atoms. The number of benzene rings is 2. The van der Waals surface area contributed by atoms with Crippen LogP contribution in [0.25, 0.3) is 0 Å². The highest BCUT2D eigenvalue weighted by Crippen LogP contribution is 2.18. The van der Waals surface area contributed by atoms with Crippen LogP contribution in [0.4, 0.5) is 10.1 Å². The van der Waals surface area contributed by atoms with E-state index in [2.05, 4.69) is 0 Å². The molecule has 2 aromatic rings. The number of hydrogen-bond donors (Lipinski definition) is 1. The van der Waals surface area contributed by atoms with E-state index in [0.29, 0.717) is 6.54 Å². The quantitative estimate of drug-likeness (QED) is 0.880. The molecule has 4 nitrogen and oxygen atoms in total. The first-order valence-electron chi connectivity index (χ1n) is 6.44. The standard InChI is InChI=1S/C16H17FN2O2/c1-19(10-11-4-3-5-13(8-11)21-2)16(20)14-9-12(17)6-7-15(14)18/h3-9H,10,18H2,1-2H3. The number of hydrogen-bond acceptors (Lipinski definition) is 3. The van der Waals surface area contributed by atoms with Crippen LogP contribution < -0.4 is 10.5 Å². The van der Waals surface area contributed by atoms with Gasteiger partial charge in [-0.1, -0.05) is 12.1 Å². The Morgan fingerprint density at radius 1 is 1.29 bits per heavy atom. The molecule has 0 saturated heterocycles. The molecule has 0 aliphatic heterocycles. The first kappa shape index (κ1) is 14.8. The molecular formula is C16H17FN2O2. The van der Waals surface area contributed by atoms with E-state index >= 15 is 0 Å². The maximum Gasteiger partial charge on any atom is 0.256 e. The predicted molar refractivity (Wildman–Crippen MR) is 79.6 cm³/mol. The first-order valence-corrected chi connectivity index (χ1v) is 6.44. The largest absolute Gasteiger partial charge is 0.497 e. The van der Waals surface area contributed by atoms with Crippen molar-refractivity contribution in [3.05, 3.63) is 59.4 Å². The van der Waals surface area contributed by atoms with E-state index < -0.39 is 5.82 Å². The Bertz CT molecular complexity index is 658. The Labute approximate surface area is 122 Å². The van der Waals surface area contributed by atoms with Gasteiger partial charge in [0.05, 0.1) is 12.7 Å². The highest BCUT2D eigenvalue weighted by atomic mass is 19.1. The zero-order valence-electron chi connectivity index (χ0n) is 12.0. The molecule has 0 spiro atoms. The molecule has 2 aromatic carbocycles. The second kappa shape index (κ2) is 6.26. The molecule has 1 amide bonds. The lowest BCUT2D eigenvalue weighted by molar-refractivity contribution is 0.0785. The zero-order chi connectivity index (χ0) is 15.4. The molecule has 110 valence electrons. The normalized spacial score (nSPS) is 10.2. The number of nitrogen functional groups attached to an aromatic ring is 1. The number of rotatable bonds is 4. The second-order valence-corrected chi connectivity index (χ2v) is 4.74. The number of amides is 1. The Balaban J connectivity index is 2.17. The molecule has 0 radical (unpaired) electrons. The van der Waals surface area contributed by atoms with E-state index in [4.69, 9.17) is 10.5 Å². The fourth-order valence-electron chi connectivity index (χ4n) is 2.04. The van der Waals surface area contributed by atoms with Crippen molar-refractivity contribution in [2.45, 2.75) is 6.54 Å². The fraction of sp³-hybridized carbons (Fsp3) is 0.188. The van der Waals surface area contributed by atoms with Gasteiger partial charge >= 0.3 is 0 Å². The Morgan fingerprint density at radius 3 is 2.76 bits per heavy atom. The summed E-state index contributed by atoms with van der Waals surface area (Å²) in [4.78, 5) is 13.8. The molecule has 0 fully saturated rings. The molecule has 0 aromatic heterocycles. The van der Waals surface area contributed by atoms with Crippen LogP contribution in [0.2, 0.25) is 0 Å². The molecule has 21 heavy (non-hydrogen) atoms. The number of carbonyl (C=O) groups is 1. The maximum atomic E-state index is 13.3. The summed E-state index contributed by atoms with van der Waals surface area (Å²) in [5, 5.41) is 0. The van der Waals surface area contributed by atoms with Crippen molar-refractivity contribution >= 4 is 11.6 Å². The van der Waals surface area contributed by atoms with Gasteiger partial charge < -0.3 is 15.4 Å². The predicted octanol–water partition coefficient (Wildman–Crippen LogP) is 2.69. The highest BCUT2D eigenvalue weighted by Gasteiger charge is 2.16. The first-order chi connectivity index (χ1) is 10.0. The lowest BCUT2D eigenvalue weighted by Crippen LogP contribution is -2.27. The number of halogens is 1. The van der Waals surface area contributed by atoms with Gasteiger partial charge in [0.25, 0.3) is 5.91 Å². The van der Waals surface area contributed by atoms with Crippen LogP contribution >= 0.6 is 0 Å². The molecule has 2 rings (SSSR count). The Morgan fingerprint density at radius 2 is 2.05 bits per heavy atom. The Kier molecular flexibility index (Phi) is 4.42. The number of carbonyl (C=O) groups excluding carboxylic acids is 1. The number of methoxy groups -OCH3 is 1. The van der Waals surface area contributed by atoms with Crippen LogP contribution in [0.5, 0.6) is 5.75 Å². The van der Waals surface area contributed by atoms with Crippen molar-refractivity contribution in [1.29, 1.82) is 0 Å². The van der Waals surface area contributed by atoms with E-state index in [1.165, 1.54) is 17.0 Å². The van der Waals surface area contributed by atoms with Gasteiger partial charge in [-0.25, -0.2) is 4.39 Å². The third kappa shape index (κ3) is 3.51. The van der Waals surface area contributed by atoms with Gasteiger partial charge in [-0.05, 0) is 35.9 Å². The van der Waals surface area contributed by atoms with Crippen molar-refractivity contribution in [1.82, 2.24) is 4.90 Å². The zero-order valence-corrected chi connectivity index (χ0v) is 12.0. The summed E-state index contributed by atoms with van der Waals surface area (Å²) in [6.07, 6.45) is 0. The van der Waals surface area contributed by atoms with Gasteiger partial charge in [0.15, 0.2) is 0 Å². The van der Waals surface area contributed by atoms with Gasteiger partial charge in [-0.3, -0.25) is 4.79 Å². The maximum absolute atomic E-state index is 13.3. The molecule has 0 saturated carbocycles. The van der Waals surface area contributed by atoms with Crippen LogP contribution in [0, 0.1) is 5.82 Å². The van der Waals surface area contributed by atoms with E-state index in [9.17, 15) is 9.18 Å². The van der Waals surface area contributed by atoms with Crippen molar-refractivity contribution in [3.63, 3.8) is 0 Å². The fourth-order valence-corrected chi connectivity index (χ4v) is 2.04. The van der Waals surface area contributed by atoms with Crippen LogP contribution in [-0.2, 0) is 6.54 Å². The average Bonchev–Trinajstić information content (AvgIpc) is 2.49. The number of ether oxygens (including phenoxy) is 1. The SMILES string of the molecule is COc1cccc(CN(C)C(=O)c2cc(F)ccc2N)c1. The van der Waals surface area contributed by atoms with Gasteiger partial charge in [0.1, 0.15) is 11.6 Å². The third-order valence-electron chi connectivity index (χ3n) is 3.15. The minimum Gasteiger partial charge on any atom is -0.497 e. The Hall–Kier alpha value is -2.56.